The van der Waals surface area contributed by atoms with Crippen molar-refractivity contribution in [3.8, 4) is 0 Å². The van der Waals surface area contributed by atoms with Gasteiger partial charge in [0.2, 0.25) is 11.9 Å². The Morgan fingerprint density at radius 1 is 1.50 bits per heavy atom. The molecule has 6 nitrogen and oxygen atoms in total. The zero-order chi connectivity index (χ0) is 8.97. The lowest BCUT2D eigenvalue weighted by Gasteiger charge is -2.14. The smallest absolute Gasteiger partial charge is 0.229 e. The number of nitrogens with zero attached hydrogens (tertiary/aromatic N) is 4. The van der Waals surface area contributed by atoms with Crippen LogP contribution in [0, 0.1) is 0 Å². The summed E-state index contributed by atoms with van der Waals surface area (Å²) in [4.78, 5) is 13.3. The van der Waals surface area contributed by atoms with Gasteiger partial charge in [-0.2, -0.15) is 4.98 Å². The molecule has 0 unspecified atom stereocenters. The topological polar surface area (TPSA) is 94.0 Å². The Morgan fingerprint density at radius 2 is 2.25 bits per heavy atom. The van der Waals surface area contributed by atoms with Crippen molar-refractivity contribution in [2.24, 2.45) is 5.73 Å². The molecule has 0 aliphatic rings. The first-order valence-corrected chi connectivity index (χ1v) is 3.59. The Morgan fingerprint density at radius 3 is 2.83 bits per heavy atom. The minimum atomic E-state index is 0.226. The summed E-state index contributed by atoms with van der Waals surface area (Å²) in [6.07, 6.45) is 1.38. The second kappa shape index (κ2) is 3.82. The first-order valence-electron chi connectivity index (χ1n) is 3.59. The molecule has 0 fully saturated rings. The summed E-state index contributed by atoms with van der Waals surface area (Å²) in [6, 6.07) is 0. The van der Waals surface area contributed by atoms with E-state index >= 15 is 0 Å². The van der Waals surface area contributed by atoms with Crippen LogP contribution in [0.5, 0.6) is 0 Å². The number of nitrogen functional groups attached to an aromatic ring is 1. The van der Waals surface area contributed by atoms with E-state index in [1.54, 1.807) is 0 Å². The normalized spacial score (nSPS) is 9.83. The zero-order valence-corrected chi connectivity index (χ0v) is 6.94. The molecule has 0 saturated heterocycles. The molecule has 1 heterocycles. The van der Waals surface area contributed by atoms with Gasteiger partial charge in [0.1, 0.15) is 6.33 Å². The summed E-state index contributed by atoms with van der Waals surface area (Å²) >= 11 is 0. The highest BCUT2D eigenvalue weighted by molar-refractivity contribution is 5.31. The number of hydrogen-bond donors (Lipinski definition) is 2. The van der Waals surface area contributed by atoms with Crippen molar-refractivity contribution >= 4 is 11.9 Å². The average Bonchev–Trinajstić information content (AvgIpc) is 2.05. The highest BCUT2D eigenvalue weighted by Gasteiger charge is 2.02. The molecule has 0 aromatic carbocycles. The second-order valence-electron chi connectivity index (χ2n) is 2.35. The molecule has 6 heteroatoms. The Bertz CT molecular complexity index is 250. The first kappa shape index (κ1) is 8.66. The minimum Gasteiger partial charge on any atom is -0.368 e. The summed E-state index contributed by atoms with van der Waals surface area (Å²) in [5.41, 5.74) is 10.7. The Labute approximate surface area is 70.6 Å². The van der Waals surface area contributed by atoms with E-state index in [1.807, 2.05) is 11.9 Å². The molecular weight excluding hydrogens is 156 g/mol. The van der Waals surface area contributed by atoms with Gasteiger partial charge in [-0.25, -0.2) is 9.97 Å². The van der Waals surface area contributed by atoms with E-state index in [9.17, 15) is 0 Å². The average molecular weight is 168 g/mol. The standard InChI is InChI=1S/C6H12N6/c1-12(3-2-7)6-10-4-9-5(8)11-6/h4H,2-3,7H2,1H3,(H2,8,9,10,11). The van der Waals surface area contributed by atoms with Crippen LogP contribution in [0.2, 0.25) is 0 Å². The van der Waals surface area contributed by atoms with Gasteiger partial charge < -0.3 is 16.4 Å². The SMILES string of the molecule is CN(CCN)c1ncnc(N)n1. The molecule has 0 spiro atoms. The van der Waals surface area contributed by atoms with Gasteiger partial charge in [-0.15, -0.1) is 0 Å². The molecule has 0 aliphatic heterocycles. The van der Waals surface area contributed by atoms with Crippen LogP contribution in [0.3, 0.4) is 0 Å². The van der Waals surface area contributed by atoms with E-state index in [-0.39, 0.29) is 5.95 Å². The number of nitrogens with two attached hydrogens (primary N) is 2. The van der Waals surface area contributed by atoms with Crippen LogP contribution in [0.4, 0.5) is 11.9 Å². The Kier molecular flexibility index (Phi) is 2.76. The van der Waals surface area contributed by atoms with Gasteiger partial charge in [0, 0.05) is 20.1 Å². The van der Waals surface area contributed by atoms with Crippen molar-refractivity contribution in [1.29, 1.82) is 0 Å². The molecule has 66 valence electrons. The van der Waals surface area contributed by atoms with Gasteiger partial charge in [-0.05, 0) is 0 Å². The van der Waals surface area contributed by atoms with Crippen LogP contribution >= 0.6 is 0 Å². The highest BCUT2D eigenvalue weighted by Crippen LogP contribution is 2.02. The molecule has 1 aromatic heterocycles. The van der Waals surface area contributed by atoms with Crippen molar-refractivity contribution < 1.29 is 0 Å². The lowest BCUT2D eigenvalue weighted by molar-refractivity contribution is 0.838. The quantitative estimate of drug-likeness (QED) is 0.591. The van der Waals surface area contributed by atoms with E-state index < -0.39 is 0 Å². The molecule has 0 saturated carbocycles. The van der Waals surface area contributed by atoms with Crippen LogP contribution in [0.15, 0.2) is 6.33 Å². The van der Waals surface area contributed by atoms with Crippen LogP contribution in [-0.4, -0.2) is 35.1 Å². The molecule has 1 rings (SSSR count). The molecule has 0 aliphatic carbocycles. The van der Waals surface area contributed by atoms with Crippen LogP contribution in [0.1, 0.15) is 0 Å². The lowest BCUT2D eigenvalue weighted by atomic mass is 10.6. The van der Waals surface area contributed by atoms with E-state index in [4.69, 9.17) is 11.5 Å². The molecule has 12 heavy (non-hydrogen) atoms. The van der Waals surface area contributed by atoms with Gasteiger partial charge in [-0.1, -0.05) is 0 Å². The van der Waals surface area contributed by atoms with E-state index in [1.165, 1.54) is 6.33 Å². The number of anilines is 2. The maximum atomic E-state index is 5.37. The summed E-state index contributed by atoms with van der Waals surface area (Å²) < 4.78 is 0. The third-order valence-electron chi connectivity index (χ3n) is 1.38. The third kappa shape index (κ3) is 2.03. The fourth-order valence-corrected chi connectivity index (χ4v) is 0.777. The molecule has 0 radical (unpaired) electrons. The summed E-state index contributed by atoms with van der Waals surface area (Å²) in [5.74, 6) is 0.775. The number of aromatic nitrogens is 3. The number of hydrogen-bond acceptors (Lipinski definition) is 6. The molecule has 1 aromatic rings. The van der Waals surface area contributed by atoms with Gasteiger partial charge >= 0.3 is 0 Å². The second-order valence-corrected chi connectivity index (χ2v) is 2.35. The van der Waals surface area contributed by atoms with Gasteiger partial charge in [0.25, 0.3) is 0 Å². The third-order valence-corrected chi connectivity index (χ3v) is 1.38. The fraction of sp³-hybridized carbons (Fsp3) is 0.500. The van der Waals surface area contributed by atoms with E-state index in [0.717, 1.165) is 0 Å². The van der Waals surface area contributed by atoms with Crippen molar-refractivity contribution in [2.45, 2.75) is 0 Å². The summed E-state index contributed by atoms with van der Waals surface area (Å²) in [7, 11) is 1.85. The first-order chi connectivity index (χ1) is 5.74. The van der Waals surface area contributed by atoms with Crippen LogP contribution in [-0.2, 0) is 0 Å². The predicted octanol–water partition coefficient (Wildman–Crippen LogP) is -1.15. The van der Waals surface area contributed by atoms with E-state index in [0.29, 0.717) is 19.0 Å². The number of rotatable bonds is 3. The van der Waals surface area contributed by atoms with Gasteiger partial charge in [0.15, 0.2) is 0 Å². The van der Waals surface area contributed by atoms with E-state index in [2.05, 4.69) is 15.0 Å². The molecule has 0 atom stereocenters. The molecule has 0 amide bonds. The van der Waals surface area contributed by atoms with Crippen molar-refractivity contribution in [2.75, 3.05) is 30.8 Å². The van der Waals surface area contributed by atoms with Crippen LogP contribution < -0.4 is 16.4 Å². The summed E-state index contributed by atoms with van der Waals surface area (Å²) in [6.45, 7) is 1.26. The van der Waals surface area contributed by atoms with Crippen LogP contribution in [0.25, 0.3) is 0 Å². The van der Waals surface area contributed by atoms with Crippen molar-refractivity contribution in [1.82, 2.24) is 15.0 Å². The largest absolute Gasteiger partial charge is 0.368 e. The monoisotopic (exact) mass is 168 g/mol. The highest BCUT2D eigenvalue weighted by atomic mass is 15.3. The molecule has 0 bridgehead atoms. The Hall–Kier alpha value is -1.43. The number of likely N-dealkylation sites (N-methyl/N-ethyl adjacent to an activating group) is 1. The molecular formula is C6H12N6. The minimum absolute atomic E-state index is 0.226. The maximum absolute atomic E-state index is 5.37. The predicted molar refractivity (Wildman–Crippen MR) is 46.6 cm³/mol. The van der Waals surface area contributed by atoms with Gasteiger partial charge in [0.05, 0.1) is 0 Å². The van der Waals surface area contributed by atoms with Crippen molar-refractivity contribution in [3.63, 3.8) is 0 Å². The zero-order valence-electron chi connectivity index (χ0n) is 6.94. The fourth-order valence-electron chi connectivity index (χ4n) is 0.777. The lowest BCUT2D eigenvalue weighted by Crippen LogP contribution is -2.26. The maximum Gasteiger partial charge on any atom is 0.229 e. The summed E-state index contributed by atoms with van der Waals surface area (Å²) in [5, 5.41) is 0. The molecule has 4 N–H and O–H groups in total. The van der Waals surface area contributed by atoms with Crippen molar-refractivity contribution in [3.05, 3.63) is 6.33 Å². The van der Waals surface area contributed by atoms with Gasteiger partial charge in [-0.3, -0.25) is 0 Å². The Balaban J connectivity index is 2.73.